The fraction of sp³-hybridized carbons (Fsp3) is 0.818. The summed E-state index contributed by atoms with van der Waals surface area (Å²) < 4.78 is 0. The molecule has 1 atom stereocenters. The van der Waals surface area contributed by atoms with E-state index in [1.165, 1.54) is 0 Å². The van der Waals surface area contributed by atoms with Gasteiger partial charge < -0.3 is 20.8 Å². The van der Waals surface area contributed by atoms with Gasteiger partial charge in [0.15, 0.2) is 0 Å². The Bertz CT molecular complexity index is 266. The Labute approximate surface area is 101 Å². The SMILES string of the molecule is CCNC(=O)CCNC(=O)[C@H](O)C(C)(C)CO. The molecule has 0 unspecified atom stereocenters. The van der Waals surface area contributed by atoms with Gasteiger partial charge in [-0.05, 0) is 6.92 Å². The first-order chi connectivity index (χ1) is 7.85. The summed E-state index contributed by atoms with van der Waals surface area (Å²) in [5, 5.41) is 23.7. The van der Waals surface area contributed by atoms with E-state index in [2.05, 4.69) is 10.6 Å². The van der Waals surface area contributed by atoms with Gasteiger partial charge in [0, 0.05) is 24.9 Å². The van der Waals surface area contributed by atoms with E-state index < -0.39 is 17.4 Å². The van der Waals surface area contributed by atoms with Crippen LogP contribution in [-0.4, -0.2) is 47.8 Å². The highest BCUT2D eigenvalue weighted by molar-refractivity contribution is 5.82. The molecule has 2 amide bonds. The molecule has 0 aromatic rings. The summed E-state index contributed by atoms with van der Waals surface area (Å²) in [4.78, 5) is 22.6. The molecule has 0 fully saturated rings. The summed E-state index contributed by atoms with van der Waals surface area (Å²) in [6, 6.07) is 0. The minimum absolute atomic E-state index is 0.149. The van der Waals surface area contributed by atoms with Crippen molar-refractivity contribution in [3.63, 3.8) is 0 Å². The Kier molecular flexibility index (Phi) is 6.75. The Morgan fingerprint density at radius 2 is 1.88 bits per heavy atom. The lowest BCUT2D eigenvalue weighted by Crippen LogP contribution is -2.46. The van der Waals surface area contributed by atoms with Crippen molar-refractivity contribution in [1.29, 1.82) is 0 Å². The van der Waals surface area contributed by atoms with Crippen LogP contribution >= 0.6 is 0 Å². The van der Waals surface area contributed by atoms with Gasteiger partial charge in [-0.15, -0.1) is 0 Å². The Morgan fingerprint density at radius 3 is 2.35 bits per heavy atom. The van der Waals surface area contributed by atoms with Crippen LogP contribution in [0, 0.1) is 5.41 Å². The lowest BCUT2D eigenvalue weighted by Gasteiger charge is -2.27. The smallest absolute Gasteiger partial charge is 0.249 e. The third kappa shape index (κ3) is 5.65. The Hall–Kier alpha value is -1.14. The van der Waals surface area contributed by atoms with Crippen molar-refractivity contribution in [1.82, 2.24) is 10.6 Å². The van der Waals surface area contributed by atoms with Gasteiger partial charge in [-0.1, -0.05) is 13.8 Å². The van der Waals surface area contributed by atoms with E-state index in [4.69, 9.17) is 5.11 Å². The van der Waals surface area contributed by atoms with Crippen molar-refractivity contribution >= 4 is 11.8 Å². The quantitative estimate of drug-likeness (QED) is 0.463. The molecule has 0 saturated carbocycles. The molecule has 6 heteroatoms. The maximum atomic E-state index is 11.5. The molecule has 0 aliphatic carbocycles. The maximum absolute atomic E-state index is 11.5. The molecule has 0 aliphatic heterocycles. The van der Waals surface area contributed by atoms with Gasteiger partial charge in [-0.2, -0.15) is 0 Å². The summed E-state index contributed by atoms with van der Waals surface area (Å²) in [5.74, 6) is -0.725. The number of rotatable bonds is 7. The molecule has 0 aromatic carbocycles. The topological polar surface area (TPSA) is 98.7 Å². The number of nitrogens with one attached hydrogen (secondary N) is 2. The molecule has 0 heterocycles. The van der Waals surface area contributed by atoms with Gasteiger partial charge in [0.1, 0.15) is 6.10 Å². The van der Waals surface area contributed by atoms with Crippen molar-refractivity contribution in [2.75, 3.05) is 19.7 Å². The minimum Gasteiger partial charge on any atom is -0.396 e. The van der Waals surface area contributed by atoms with Gasteiger partial charge in [0.25, 0.3) is 0 Å². The predicted molar refractivity (Wildman–Crippen MR) is 63.2 cm³/mol. The molecule has 100 valence electrons. The average molecular weight is 246 g/mol. The molecule has 6 nitrogen and oxygen atoms in total. The first-order valence-corrected chi connectivity index (χ1v) is 5.68. The highest BCUT2D eigenvalue weighted by Gasteiger charge is 2.32. The largest absolute Gasteiger partial charge is 0.396 e. The van der Waals surface area contributed by atoms with Crippen molar-refractivity contribution in [3.05, 3.63) is 0 Å². The number of carbonyl (C=O) groups excluding carboxylic acids is 2. The molecule has 0 spiro atoms. The molecule has 0 bridgehead atoms. The van der Waals surface area contributed by atoms with Crippen LogP contribution in [0.25, 0.3) is 0 Å². The molecule has 0 aliphatic rings. The van der Waals surface area contributed by atoms with Crippen LogP contribution in [0.2, 0.25) is 0 Å². The molecular formula is C11H22N2O4. The Morgan fingerprint density at radius 1 is 1.29 bits per heavy atom. The van der Waals surface area contributed by atoms with E-state index >= 15 is 0 Å². The molecule has 0 rings (SSSR count). The zero-order valence-corrected chi connectivity index (χ0v) is 10.6. The van der Waals surface area contributed by atoms with Crippen molar-refractivity contribution in [3.8, 4) is 0 Å². The van der Waals surface area contributed by atoms with Crippen LogP contribution in [0.4, 0.5) is 0 Å². The van der Waals surface area contributed by atoms with Gasteiger partial charge in [-0.3, -0.25) is 9.59 Å². The van der Waals surface area contributed by atoms with Crippen LogP contribution in [0.5, 0.6) is 0 Å². The van der Waals surface area contributed by atoms with E-state index in [1.807, 2.05) is 6.92 Å². The summed E-state index contributed by atoms with van der Waals surface area (Å²) in [5.41, 5.74) is -0.893. The first-order valence-electron chi connectivity index (χ1n) is 5.68. The molecule has 0 aromatic heterocycles. The van der Waals surface area contributed by atoms with Crippen LogP contribution in [0.1, 0.15) is 27.2 Å². The molecule has 17 heavy (non-hydrogen) atoms. The molecule has 4 N–H and O–H groups in total. The fourth-order valence-corrected chi connectivity index (χ4v) is 1.12. The third-order valence-corrected chi connectivity index (χ3v) is 2.42. The van der Waals surface area contributed by atoms with Crippen LogP contribution in [0.3, 0.4) is 0 Å². The first kappa shape index (κ1) is 15.9. The minimum atomic E-state index is -1.29. The van der Waals surface area contributed by atoms with E-state index in [9.17, 15) is 14.7 Å². The molecule has 0 saturated heterocycles. The van der Waals surface area contributed by atoms with Crippen molar-refractivity contribution in [2.24, 2.45) is 5.41 Å². The monoisotopic (exact) mass is 246 g/mol. The summed E-state index contributed by atoms with van der Waals surface area (Å²) in [6.45, 7) is 5.40. The van der Waals surface area contributed by atoms with E-state index in [0.717, 1.165) is 0 Å². The lowest BCUT2D eigenvalue weighted by atomic mass is 9.87. The number of aliphatic hydroxyl groups is 2. The number of hydrogen-bond donors (Lipinski definition) is 4. The number of carbonyl (C=O) groups is 2. The van der Waals surface area contributed by atoms with Crippen LogP contribution in [0.15, 0.2) is 0 Å². The average Bonchev–Trinajstić information content (AvgIpc) is 2.28. The van der Waals surface area contributed by atoms with Crippen LogP contribution in [-0.2, 0) is 9.59 Å². The standard InChI is InChI=1S/C11H22N2O4/c1-4-12-8(15)5-6-13-10(17)9(16)11(2,3)7-14/h9,14,16H,4-7H2,1-3H3,(H,12,15)(H,13,17)/t9-/m0/s1. The molecular weight excluding hydrogens is 224 g/mol. The second-order valence-corrected chi connectivity index (χ2v) is 4.54. The third-order valence-electron chi connectivity index (χ3n) is 2.42. The highest BCUT2D eigenvalue weighted by atomic mass is 16.3. The normalized spacial score (nSPS) is 13.0. The zero-order valence-electron chi connectivity index (χ0n) is 10.6. The van der Waals surface area contributed by atoms with Gasteiger partial charge in [-0.25, -0.2) is 0 Å². The number of hydrogen-bond acceptors (Lipinski definition) is 4. The van der Waals surface area contributed by atoms with E-state index in [1.54, 1.807) is 13.8 Å². The van der Waals surface area contributed by atoms with E-state index in [0.29, 0.717) is 6.54 Å². The van der Waals surface area contributed by atoms with Gasteiger partial charge in [0.2, 0.25) is 11.8 Å². The number of aliphatic hydroxyl groups excluding tert-OH is 2. The summed E-state index contributed by atoms with van der Waals surface area (Å²) in [6.07, 6.45) is -1.12. The van der Waals surface area contributed by atoms with E-state index in [-0.39, 0.29) is 25.5 Å². The maximum Gasteiger partial charge on any atom is 0.249 e. The second kappa shape index (κ2) is 7.24. The zero-order chi connectivity index (χ0) is 13.5. The van der Waals surface area contributed by atoms with Crippen molar-refractivity contribution in [2.45, 2.75) is 33.3 Å². The van der Waals surface area contributed by atoms with Gasteiger partial charge >= 0.3 is 0 Å². The highest BCUT2D eigenvalue weighted by Crippen LogP contribution is 2.19. The molecule has 0 radical (unpaired) electrons. The Balaban J connectivity index is 3.99. The predicted octanol–water partition coefficient (Wildman–Crippen LogP) is -0.992. The van der Waals surface area contributed by atoms with Gasteiger partial charge in [0.05, 0.1) is 6.61 Å². The van der Waals surface area contributed by atoms with Crippen molar-refractivity contribution < 1.29 is 19.8 Å². The number of amides is 2. The lowest BCUT2D eigenvalue weighted by molar-refractivity contribution is -0.137. The second-order valence-electron chi connectivity index (χ2n) is 4.54. The summed E-state index contributed by atoms with van der Waals surface area (Å²) >= 11 is 0. The fourth-order valence-electron chi connectivity index (χ4n) is 1.12. The summed E-state index contributed by atoms with van der Waals surface area (Å²) in [7, 11) is 0. The van der Waals surface area contributed by atoms with Crippen LogP contribution < -0.4 is 10.6 Å².